The van der Waals surface area contributed by atoms with Crippen molar-refractivity contribution in [2.75, 3.05) is 0 Å². The maximum atomic E-state index is 13.6. The van der Waals surface area contributed by atoms with Gasteiger partial charge < -0.3 is 9.84 Å². The molecule has 0 unspecified atom stereocenters. The summed E-state index contributed by atoms with van der Waals surface area (Å²) in [5, 5.41) is 10.4. The molecule has 0 bridgehead atoms. The third kappa shape index (κ3) is 3.59. The lowest BCUT2D eigenvalue weighted by atomic mass is 10.2. The number of carbonyl (C=O) groups is 1. The monoisotopic (exact) mass is 312 g/mol. The van der Waals surface area contributed by atoms with E-state index in [0.29, 0.717) is 0 Å². The third-order valence-electron chi connectivity index (χ3n) is 2.46. The van der Waals surface area contributed by atoms with Crippen LogP contribution in [0.2, 0.25) is 5.02 Å². The summed E-state index contributed by atoms with van der Waals surface area (Å²) in [6.07, 6.45) is 2.53. The smallest absolute Gasteiger partial charge is 0.328 e. The molecule has 1 heterocycles. The zero-order valence-corrected chi connectivity index (χ0v) is 11.7. The van der Waals surface area contributed by atoms with Gasteiger partial charge in [0.1, 0.15) is 6.61 Å². The zero-order valence-electron chi connectivity index (χ0n) is 10.2. The number of halogens is 2. The van der Waals surface area contributed by atoms with Crippen molar-refractivity contribution in [1.29, 1.82) is 0 Å². The zero-order chi connectivity index (χ0) is 14.5. The van der Waals surface area contributed by atoms with Gasteiger partial charge in [0.05, 0.1) is 5.02 Å². The second kappa shape index (κ2) is 6.54. The van der Waals surface area contributed by atoms with Gasteiger partial charge in [-0.1, -0.05) is 17.7 Å². The maximum Gasteiger partial charge on any atom is 0.328 e. The first-order chi connectivity index (χ1) is 9.58. The second-order valence-electron chi connectivity index (χ2n) is 3.81. The van der Waals surface area contributed by atoms with Gasteiger partial charge in [-0.2, -0.15) is 0 Å². The lowest BCUT2D eigenvalue weighted by molar-refractivity contribution is -0.131. The molecule has 0 saturated carbocycles. The summed E-state index contributed by atoms with van der Waals surface area (Å²) in [6, 6.07) is 6.30. The highest BCUT2D eigenvalue weighted by Gasteiger charge is 2.09. The molecule has 2 aromatic rings. The van der Waals surface area contributed by atoms with Crippen LogP contribution in [0.25, 0.3) is 6.08 Å². The van der Waals surface area contributed by atoms with E-state index in [1.54, 1.807) is 12.1 Å². The van der Waals surface area contributed by atoms with Crippen molar-refractivity contribution in [1.82, 2.24) is 0 Å². The van der Waals surface area contributed by atoms with Crippen molar-refractivity contribution < 1.29 is 19.0 Å². The number of benzene rings is 1. The Kier molecular flexibility index (Phi) is 4.76. The van der Waals surface area contributed by atoms with Gasteiger partial charge in [-0.25, -0.2) is 9.18 Å². The Morgan fingerprint density at radius 1 is 1.45 bits per heavy atom. The van der Waals surface area contributed by atoms with Crippen LogP contribution < -0.4 is 4.74 Å². The first-order valence-electron chi connectivity index (χ1n) is 5.62. The highest BCUT2D eigenvalue weighted by atomic mass is 35.5. The summed E-state index contributed by atoms with van der Waals surface area (Å²) < 4.78 is 19.0. The first kappa shape index (κ1) is 14.6. The fraction of sp³-hybridized carbons (Fsp3) is 0.0714. The van der Waals surface area contributed by atoms with Gasteiger partial charge in [0.25, 0.3) is 0 Å². The summed E-state index contributed by atoms with van der Waals surface area (Å²) in [5.74, 6) is -1.56. The van der Waals surface area contributed by atoms with E-state index in [2.05, 4.69) is 0 Å². The Hall–Kier alpha value is -1.85. The molecule has 0 saturated heterocycles. The lowest BCUT2D eigenvalue weighted by Crippen LogP contribution is -1.97. The molecule has 0 aliphatic carbocycles. The van der Waals surface area contributed by atoms with E-state index < -0.39 is 11.8 Å². The Morgan fingerprint density at radius 2 is 2.25 bits per heavy atom. The fourth-order valence-electron chi connectivity index (χ4n) is 1.52. The van der Waals surface area contributed by atoms with Crippen molar-refractivity contribution in [3.05, 3.63) is 57.0 Å². The van der Waals surface area contributed by atoms with Crippen LogP contribution in [0.1, 0.15) is 10.4 Å². The van der Waals surface area contributed by atoms with Crippen LogP contribution in [0.5, 0.6) is 5.75 Å². The maximum absolute atomic E-state index is 13.6. The van der Waals surface area contributed by atoms with Crippen LogP contribution in [-0.2, 0) is 11.4 Å². The predicted molar refractivity (Wildman–Crippen MR) is 76.7 cm³/mol. The highest BCUT2D eigenvalue weighted by Crippen LogP contribution is 2.26. The van der Waals surface area contributed by atoms with Crippen molar-refractivity contribution in [3.63, 3.8) is 0 Å². The van der Waals surface area contributed by atoms with Crippen LogP contribution in [0.15, 0.2) is 35.7 Å². The highest BCUT2D eigenvalue weighted by molar-refractivity contribution is 7.10. The summed E-state index contributed by atoms with van der Waals surface area (Å²) in [4.78, 5) is 11.3. The molecule has 104 valence electrons. The van der Waals surface area contributed by atoms with E-state index in [1.165, 1.54) is 29.5 Å². The first-order valence-corrected chi connectivity index (χ1v) is 6.88. The average Bonchev–Trinajstić information content (AvgIpc) is 2.85. The van der Waals surface area contributed by atoms with Crippen molar-refractivity contribution in [2.45, 2.75) is 6.61 Å². The molecule has 0 aliphatic heterocycles. The van der Waals surface area contributed by atoms with Gasteiger partial charge in [-0.3, -0.25) is 0 Å². The molecule has 20 heavy (non-hydrogen) atoms. The average molecular weight is 313 g/mol. The standard InChI is InChI=1S/C14H10ClFO3S/c15-10-2-1-3-11(14(10)16)19-8-12-9(6-7-20-12)4-5-13(17)18/h1-7H,8H2,(H,17,18)/b5-4+. The molecule has 2 rings (SSSR count). The van der Waals surface area contributed by atoms with E-state index >= 15 is 0 Å². The summed E-state index contributed by atoms with van der Waals surface area (Å²) in [7, 11) is 0. The minimum atomic E-state index is -1.02. The van der Waals surface area contributed by atoms with Crippen LogP contribution in [0.4, 0.5) is 4.39 Å². The lowest BCUT2D eigenvalue weighted by Gasteiger charge is -2.07. The molecule has 3 nitrogen and oxygen atoms in total. The predicted octanol–water partition coefficient (Wildman–Crippen LogP) is 4.22. The third-order valence-corrected chi connectivity index (χ3v) is 3.66. The molecule has 0 amide bonds. The van der Waals surface area contributed by atoms with Crippen LogP contribution >= 0.6 is 22.9 Å². The normalized spacial score (nSPS) is 10.9. The number of rotatable bonds is 5. The number of ether oxygens (including phenoxy) is 1. The number of hydrogen-bond acceptors (Lipinski definition) is 3. The molecular formula is C14H10ClFO3S. The van der Waals surface area contributed by atoms with Crippen molar-refractivity contribution >= 4 is 35.0 Å². The van der Waals surface area contributed by atoms with Crippen LogP contribution in [-0.4, -0.2) is 11.1 Å². The quantitative estimate of drug-likeness (QED) is 0.841. The minimum absolute atomic E-state index is 0.000300. The van der Waals surface area contributed by atoms with Gasteiger partial charge in [0, 0.05) is 11.0 Å². The molecule has 1 N–H and O–H groups in total. The molecule has 1 aromatic heterocycles. The molecule has 6 heteroatoms. The molecule has 0 aliphatic rings. The SMILES string of the molecule is O=C(O)/C=C/c1ccsc1COc1cccc(Cl)c1F. The molecular weight excluding hydrogens is 303 g/mol. The topological polar surface area (TPSA) is 46.5 Å². The second-order valence-corrected chi connectivity index (χ2v) is 5.22. The van der Waals surface area contributed by atoms with Gasteiger partial charge in [0.15, 0.2) is 11.6 Å². The number of carboxylic acid groups (broad SMARTS) is 1. The Balaban J connectivity index is 2.10. The van der Waals surface area contributed by atoms with Crippen molar-refractivity contribution in [3.8, 4) is 5.75 Å². The molecule has 0 spiro atoms. The van der Waals surface area contributed by atoms with Gasteiger partial charge in [-0.05, 0) is 35.2 Å². The summed E-state index contributed by atoms with van der Waals surface area (Å²) >= 11 is 7.07. The minimum Gasteiger partial charge on any atom is -0.485 e. The summed E-state index contributed by atoms with van der Waals surface area (Å²) in [5.41, 5.74) is 0.736. The molecule has 0 fully saturated rings. The number of carboxylic acids is 1. The molecule has 1 aromatic carbocycles. The van der Waals surface area contributed by atoms with Gasteiger partial charge >= 0.3 is 5.97 Å². The molecule has 0 radical (unpaired) electrons. The van der Waals surface area contributed by atoms with Crippen LogP contribution in [0, 0.1) is 5.82 Å². The number of hydrogen-bond donors (Lipinski definition) is 1. The fourth-order valence-corrected chi connectivity index (χ4v) is 2.46. The van der Waals surface area contributed by atoms with Gasteiger partial charge in [-0.15, -0.1) is 11.3 Å². The van der Waals surface area contributed by atoms with Crippen LogP contribution in [0.3, 0.4) is 0 Å². The van der Waals surface area contributed by atoms with E-state index in [4.69, 9.17) is 21.4 Å². The Bertz CT molecular complexity index is 652. The van der Waals surface area contributed by atoms with E-state index in [9.17, 15) is 9.18 Å². The van der Waals surface area contributed by atoms with E-state index in [-0.39, 0.29) is 17.4 Å². The van der Waals surface area contributed by atoms with Gasteiger partial charge in [0.2, 0.25) is 0 Å². The summed E-state index contributed by atoms with van der Waals surface area (Å²) in [6.45, 7) is 0.147. The van der Waals surface area contributed by atoms with E-state index in [1.807, 2.05) is 5.38 Å². The number of aliphatic carboxylic acids is 1. The van der Waals surface area contributed by atoms with Crippen molar-refractivity contribution in [2.24, 2.45) is 0 Å². The number of thiophene rings is 1. The Labute approximate surface area is 123 Å². The Morgan fingerprint density at radius 3 is 3.00 bits per heavy atom. The van der Waals surface area contributed by atoms with E-state index in [0.717, 1.165) is 16.5 Å². The largest absolute Gasteiger partial charge is 0.485 e. The molecule has 0 atom stereocenters.